The van der Waals surface area contributed by atoms with Crippen LogP contribution in [0.4, 0.5) is 0 Å². The summed E-state index contributed by atoms with van der Waals surface area (Å²) in [4.78, 5) is 9.15. The fraction of sp³-hybridized carbons (Fsp3) is 0.296. The molecule has 152 valence electrons. The first-order chi connectivity index (χ1) is 14.3. The summed E-state index contributed by atoms with van der Waals surface area (Å²) in [7, 11) is 2.15. The van der Waals surface area contributed by atoms with Crippen molar-refractivity contribution >= 4 is 10.9 Å². The van der Waals surface area contributed by atoms with E-state index in [1.165, 1.54) is 38.9 Å². The van der Waals surface area contributed by atoms with E-state index in [0.717, 1.165) is 23.4 Å². The van der Waals surface area contributed by atoms with Crippen LogP contribution in [0.15, 0.2) is 54.9 Å². The van der Waals surface area contributed by atoms with Gasteiger partial charge in [-0.1, -0.05) is 31.5 Å². The maximum absolute atomic E-state index is 4.58. The number of benzene rings is 2. The van der Waals surface area contributed by atoms with Gasteiger partial charge in [0.25, 0.3) is 0 Å². The maximum atomic E-state index is 4.58. The van der Waals surface area contributed by atoms with E-state index in [1.54, 1.807) is 0 Å². The third-order valence-corrected chi connectivity index (χ3v) is 5.89. The van der Waals surface area contributed by atoms with Gasteiger partial charge in [-0.3, -0.25) is 0 Å². The van der Waals surface area contributed by atoms with Crippen molar-refractivity contribution in [1.29, 1.82) is 0 Å². The van der Waals surface area contributed by atoms with Crippen molar-refractivity contribution in [2.75, 3.05) is 0 Å². The average molecular weight is 397 g/mol. The van der Waals surface area contributed by atoms with Gasteiger partial charge in [-0.15, -0.1) is 0 Å². The standard InChI is InChI=1S/C27H30N3/c1-17(2)11-27-28-15-23(16-29-27)22-8-7-21-9-10-25(30(6)26(21)14-22)24-13-18(3)12-19(4)20(24)5/h7-10,12-17H,11H2,1-6H3/q+1. The van der Waals surface area contributed by atoms with Gasteiger partial charge in [0.05, 0.1) is 0 Å². The molecule has 2 aromatic heterocycles. The second-order valence-electron chi connectivity index (χ2n) is 8.79. The Labute approximate surface area is 179 Å². The van der Waals surface area contributed by atoms with Gasteiger partial charge < -0.3 is 0 Å². The molecule has 2 heterocycles. The minimum atomic E-state index is 0.558. The molecule has 0 aliphatic rings. The molecule has 0 fully saturated rings. The Bertz CT molecular complexity index is 1220. The van der Waals surface area contributed by atoms with Crippen molar-refractivity contribution in [3.8, 4) is 22.4 Å². The molecule has 30 heavy (non-hydrogen) atoms. The third-order valence-electron chi connectivity index (χ3n) is 5.89. The van der Waals surface area contributed by atoms with Crippen LogP contribution in [0.25, 0.3) is 33.3 Å². The van der Waals surface area contributed by atoms with Crippen molar-refractivity contribution in [3.63, 3.8) is 0 Å². The van der Waals surface area contributed by atoms with Crippen molar-refractivity contribution in [3.05, 3.63) is 77.4 Å². The summed E-state index contributed by atoms with van der Waals surface area (Å²) in [5, 5.41) is 1.23. The monoisotopic (exact) mass is 396 g/mol. The predicted molar refractivity (Wildman–Crippen MR) is 124 cm³/mol. The Morgan fingerprint density at radius 1 is 0.867 bits per heavy atom. The van der Waals surface area contributed by atoms with Crippen LogP contribution < -0.4 is 4.57 Å². The Balaban J connectivity index is 1.80. The lowest BCUT2D eigenvalue weighted by molar-refractivity contribution is -0.633. The minimum absolute atomic E-state index is 0.558. The van der Waals surface area contributed by atoms with Crippen molar-refractivity contribution in [2.24, 2.45) is 13.0 Å². The van der Waals surface area contributed by atoms with Gasteiger partial charge >= 0.3 is 0 Å². The molecule has 0 bridgehead atoms. The minimum Gasteiger partial charge on any atom is -0.241 e. The molecule has 0 spiro atoms. The summed E-state index contributed by atoms with van der Waals surface area (Å²) in [5.41, 5.74) is 9.88. The molecule has 0 radical (unpaired) electrons. The van der Waals surface area contributed by atoms with Gasteiger partial charge in [-0.05, 0) is 61.6 Å². The number of aryl methyl sites for hydroxylation is 3. The Morgan fingerprint density at radius 2 is 1.57 bits per heavy atom. The molecule has 0 unspecified atom stereocenters. The number of nitrogens with zero attached hydrogens (tertiary/aromatic N) is 3. The molecule has 0 amide bonds. The molecular formula is C27H30N3+. The SMILES string of the molecule is Cc1cc(C)c(C)c(-c2ccc3ccc(-c4cnc(CC(C)C)nc4)cc3[n+]2C)c1. The van der Waals surface area contributed by atoms with E-state index in [1.807, 2.05) is 12.4 Å². The summed E-state index contributed by atoms with van der Waals surface area (Å²) in [6.07, 6.45) is 4.80. The summed E-state index contributed by atoms with van der Waals surface area (Å²) in [5.74, 6) is 1.47. The number of pyridine rings is 1. The Morgan fingerprint density at radius 3 is 2.27 bits per heavy atom. The second-order valence-corrected chi connectivity index (χ2v) is 8.79. The smallest absolute Gasteiger partial charge is 0.213 e. The van der Waals surface area contributed by atoms with Gasteiger partial charge in [-0.25, -0.2) is 9.97 Å². The van der Waals surface area contributed by atoms with Crippen molar-refractivity contribution in [1.82, 2.24) is 9.97 Å². The van der Waals surface area contributed by atoms with Crippen LogP contribution in [0.2, 0.25) is 0 Å². The highest BCUT2D eigenvalue weighted by Crippen LogP contribution is 2.28. The number of hydrogen-bond acceptors (Lipinski definition) is 2. The lowest BCUT2D eigenvalue weighted by Gasteiger charge is -2.11. The number of rotatable bonds is 4. The molecule has 2 aromatic carbocycles. The summed E-state index contributed by atoms with van der Waals surface area (Å²) in [6, 6.07) is 15.6. The van der Waals surface area contributed by atoms with Crippen LogP contribution in [0.3, 0.4) is 0 Å². The van der Waals surface area contributed by atoms with Crippen LogP contribution >= 0.6 is 0 Å². The van der Waals surface area contributed by atoms with Gasteiger partial charge in [0.1, 0.15) is 12.9 Å². The molecule has 4 aromatic rings. The lowest BCUT2D eigenvalue weighted by atomic mass is 9.96. The topological polar surface area (TPSA) is 29.7 Å². The lowest BCUT2D eigenvalue weighted by Crippen LogP contribution is -2.32. The summed E-state index contributed by atoms with van der Waals surface area (Å²) in [6.45, 7) is 10.9. The van der Waals surface area contributed by atoms with E-state index < -0.39 is 0 Å². The fourth-order valence-electron chi connectivity index (χ4n) is 4.12. The highest BCUT2D eigenvalue weighted by Gasteiger charge is 2.18. The van der Waals surface area contributed by atoms with Crippen LogP contribution in [-0.2, 0) is 13.5 Å². The van der Waals surface area contributed by atoms with Gasteiger partial charge in [0.2, 0.25) is 11.2 Å². The first kappa shape index (κ1) is 20.2. The Hall–Kier alpha value is -3.07. The van der Waals surface area contributed by atoms with E-state index in [-0.39, 0.29) is 0 Å². The number of aromatic nitrogens is 3. The first-order valence-electron chi connectivity index (χ1n) is 10.7. The molecular weight excluding hydrogens is 366 g/mol. The van der Waals surface area contributed by atoms with Crippen LogP contribution in [0.1, 0.15) is 36.4 Å². The molecule has 0 N–H and O–H groups in total. The van der Waals surface area contributed by atoms with E-state index in [0.29, 0.717) is 5.92 Å². The average Bonchev–Trinajstić information content (AvgIpc) is 2.71. The quantitative estimate of drug-likeness (QED) is 0.401. The van der Waals surface area contributed by atoms with Gasteiger partial charge in [-0.2, -0.15) is 4.57 Å². The largest absolute Gasteiger partial charge is 0.241 e. The number of fused-ring (bicyclic) bond motifs is 1. The highest BCUT2D eigenvalue weighted by atomic mass is 14.9. The normalized spacial score (nSPS) is 11.4. The highest BCUT2D eigenvalue weighted by molar-refractivity contribution is 5.83. The van der Waals surface area contributed by atoms with E-state index >= 15 is 0 Å². The fourth-order valence-corrected chi connectivity index (χ4v) is 4.12. The molecule has 0 aliphatic carbocycles. The van der Waals surface area contributed by atoms with Crippen LogP contribution in [-0.4, -0.2) is 9.97 Å². The third kappa shape index (κ3) is 3.85. The van der Waals surface area contributed by atoms with Gasteiger partial charge in [0.15, 0.2) is 0 Å². The van der Waals surface area contributed by atoms with Crippen molar-refractivity contribution in [2.45, 2.75) is 41.0 Å². The predicted octanol–water partition coefficient (Wildman–Crippen LogP) is 5.91. The zero-order valence-electron chi connectivity index (χ0n) is 18.8. The van der Waals surface area contributed by atoms with Crippen LogP contribution in [0, 0.1) is 26.7 Å². The molecule has 0 saturated heterocycles. The summed E-state index contributed by atoms with van der Waals surface area (Å²) >= 11 is 0. The van der Waals surface area contributed by atoms with Crippen LogP contribution in [0.5, 0.6) is 0 Å². The van der Waals surface area contributed by atoms with E-state index in [4.69, 9.17) is 0 Å². The molecule has 0 aliphatic heterocycles. The second kappa shape index (κ2) is 7.98. The zero-order chi connectivity index (χ0) is 21.4. The maximum Gasteiger partial charge on any atom is 0.213 e. The zero-order valence-corrected chi connectivity index (χ0v) is 18.8. The molecule has 0 saturated carbocycles. The molecule has 0 atom stereocenters. The number of hydrogen-bond donors (Lipinski definition) is 0. The van der Waals surface area contributed by atoms with Gasteiger partial charge in [0, 0.05) is 47.5 Å². The van der Waals surface area contributed by atoms with Crippen molar-refractivity contribution < 1.29 is 4.57 Å². The summed E-state index contributed by atoms with van der Waals surface area (Å²) < 4.78 is 2.30. The van der Waals surface area contributed by atoms with E-state index in [2.05, 4.69) is 98.7 Å². The molecule has 3 heteroatoms. The Kier molecular flexibility index (Phi) is 5.38. The molecule has 3 nitrogen and oxygen atoms in total. The molecule has 4 rings (SSSR count). The first-order valence-corrected chi connectivity index (χ1v) is 10.7. The van der Waals surface area contributed by atoms with E-state index in [9.17, 15) is 0 Å².